The first-order chi connectivity index (χ1) is 16.7. The highest BCUT2D eigenvalue weighted by Gasteiger charge is 2.69. The molecule has 3 unspecified atom stereocenters. The lowest BCUT2D eigenvalue weighted by molar-refractivity contribution is -0.294. The van der Waals surface area contributed by atoms with E-state index in [4.69, 9.17) is 18.8 Å². The van der Waals surface area contributed by atoms with Crippen LogP contribution in [0.4, 0.5) is 13.2 Å². The molecular weight excluding hydrogens is 735 g/mol. The van der Waals surface area contributed by atoms with Gasteiger partial charge in [-0.25, -0.2) is 9.18 Å². The molecule has 8 nitrogen and oxygen atoms in total. The van der Waals surface area contributed by atoms with Crippen molar-refractivity contribution in [1.29, 1.82) is 0 Å². The van der Waals surface area contributed by atoms with E-state index in [1.54, 1.807) is 6.07 Å². The molecule has 6 rings (SSSR count). The molecule has 0 saturated heterocycles. The third-order valence-corrected chi connectivity index (χ3v) is 11.9. The molecule has 0 amide bonds. The van der Waals surface area contributed by atoms with Crippen LogP contribution in [0.1, 0.15) is 48.9 Å². The fraction of sp³-hybridized carbons (Fsp3) is 0.636. The van der Waals surface area contributed by atoms with Crippen LogP contribution in [0.3, 0.4) is 0 Å². The van der Waals surface area contributed by atoms with Crippen molar-refractivity contribution in [3.8, 4) is 5.75 Å². The summed E-state index contributed by atoms with van der Waals surface area (Å²) in [5.74, 6) is -2.34. The van der Waals surface area contributed by atoms with Crippen LogP contribution in [0, 0.1) is 30.3 Å². The minimum absolute atomic E-state index is 0.152. The van der Waals surface area contributed by atoms with E-state index in [9.17, 15) is 31.2 Å². The molecule has 36 heavy (non-hydrogen) atoms. The second kappa shape index (κ2) is 8.83. The average molecular weight is 756 g/mol. The van der Waals surface area contributed by atoms with Crippen molar-refractivity contribution in [2.45, 2.75) is 55.7 Å². The van der Waals surface area contributed by atoms with Crippen molar-refractivity contribution < 1.29 is 49.9 Å². The summed E-state index contributed by atoms with van der Waals surface area (Å²) in [7, 11) is -5.94. The zero-order valence-electron chi connectivity index (χ0n) is 18.5. The lowest BCUT2D eigenvalue weighted by Gasteiger charge is -2.62. The van der Waals surface area contributed by atoms with Gasteiger partial charge < -0.3 is 14.2 Å². The number of hydrogen-bond donors (Lipinski definition) is 1. The number of fused-ring (bicyclic) bond motifs is 1. The number of ether oxygens (including phenoxy) is 3. The lowest BCUT2D eigenvalue weighted by Crippen LogP contribution is -2.67. The summed E-state index contributed by atoms with van der Waals surface area (Å²) in [5.41, 5.74) is -0.575. The maximum atomic E-state index is 13.8. The third-order valence-electron chi connectivity index (χ3n) is 7.86. The molecule has 0 aromatic heterocycles. The largest absolute Gasteiger partial charge is 0.465 e. The summed E-state index contributed by atoms with van der Waals surface area (Å²) in [6.07, 6.45) is -1.86. The van der Waals surface area contributed by atoms with Gasteiger partial charge in [0.2, 0.25) is 0 Å². The van der Waals surface area contributed by atoms with Crippen molar-refractivity contribution in [3.05, 3.63) is 24.8 Å². The van der Waals surface area contributed by atoms with Gasteiger partial charge >= 0.3 is 27.3 Å². The van der Waals surface area contributed by atoms with Crippen molar-refractivity contribution in [2.75, 3.05) is 6.61 Å². The summed E-state index contributed by atoms with van der Waals surface area (Å²) < 4.78 is 89.8. The quantitative estimate of drug-likeness (QED) is 0.252. The van der Waals surface area contributed by atoms with Crippen LogP contribution < -0.4 is 4.74 Å². The van der Waals surface area contributed by atoms with E-state index >= 15 is 0 Å². The minimum Gasteiger partial charge on any atom is -0.465 e. The smallest absolute Gasteiger partial charge is 0.400 e. The minimum atomic E-state index is -5.94. The van der Waals surface area contributed by atoms with E-state index in [-0.39, 0.29) is 17.8 Å². The molecule has 5 aliphatic rings. The van der Waals surface area contributed by atoms with Crippen molar-refractivity contribution in [1.82, 2.24) is 0 Å². The zero-order chi connectivity index (χ0) is 26.3. The number of esters is 2. The first-order valence-electron chi connectivity index (χ1n) is 11.3. The van der Waals surface area contributed by atoms with E-state index < -0.39 is 57.7 Å². The Morgan fingerprint density at radius 1 is 1.19 bits per heavy atom. The Morgan fingerprint density at radius 2 is 1.83 bits per heavy atom. The van der Waals surface area contributed by atoms with Gasteiger partial charge in [0.05, 0.1) is 12.0 Å². The molecule has 14 heteroatoms. The molecular formula is C22H21F3I2O8S. The number of hydrogen-bond acceptors (Lipinski definition) is 7. The highest BCUT2D eigenvalue weighted by molar-refractivity contribution is 14.1. The molecule has 3 atom stereocenters. The Morgan fingerprint density at radius 3 is 2.44 bits per heavy atom. The number of benzene rings is 1. The van der Waals surface area contributed by atoms with Gasteiger partial charge in [-0.3, -0.25) is 9.35 Å². The van der Waals surface area contributed by atoms with Crippen LogP contribution in [0.15, 0.2) is 12.1 Å². The second-order valence-electron chi connectivity index (χ2n) is 10.0. The van der Waals surface area contributed by atoms with Crippen LogP contribution in [0.2, 0.25) is 0 Å². The number of carbonyl (C=O) groups excluding carboxylic acids is 2. The summed E-state index contributed by atoms with van der Waals surface area (Å²) >= 11 is 4.20. The molecule has 1 spiro atoms. The molecule has 1 aromatic carbocycles. The van der Waals surface area contributed by atoms with E-state index in [1.807, 2.05) is 6.07 Å². The summed E-state index contributed by atoms with van der Waals surface area (Å²) in [6.45, 7) is -0.770. The molecule has 0 radical (unpaired) electrons. The maximum Gasteiger partial charge on any atom is 0.400 e. The number of halogens is 5. The van der Waals surface area contributed by atoms with Crippen LogP contribution in [0.25, 0.3) is 0 Å². The Balaban J connectivity index is 1.31. The number of alkyl halides is 3. The molecule has 4 aliphatic carbocycles. The molecule has 1 N–H and O–H groups in total. The molecule has 1 aromatic rings. The predicted octanol–water partition coefficient (Wildman–Crippen LogP) is 4.72. The van der Waals surface area contributed by atoms with Crippen molar-refractivity contribution >= 4 is 67.2 Å². The average Bonchev–Trinajstić information content (AvgIpc) is 2.78. The lowest BCUT2D eigenvalue weighted by atomic mass is 9.47. The number of rotatable bonds is 6. The van der Waals surface area contributed by atoms with Crippen LogP contribution in [-0.2, 0) is 24.4 Å². The first kappa shape index (κ1) is 26.7. The predicted molar refractivity (Wildman–Crippen MR) is 134 cm³/mol. The standard InChI is InChI=1S/C22H21F3I2O8S/c23-15(22(24,25)36(30,31)32)3-4-33-19(29)20-7-10-5-11(8-20)21(12(6-10)9-20)34-14-2-1-13(26)17(27)16(14)18(28)35-21/h1-2,10-12,15H,3-9H2,(H,30,31,32). The summed E-state index contributed by atoms with van der Waals surface area (Å²) in [4.78, 5) is 26.2. The summed E-state index contributed by atoms with van der Waals surface area (Å²) in [5, 5.41) is -5.00. The highest BCUT2D eigenvalue weighted by atomic mass is 127. The Labute approximate surface area is 232 Å². The fourth-order valence-electron chi connectivity index (χ4n) is 6.44. The SMILES string of the molecule is O=C1OC2(Oc3ccc(I)c(I)c31)C1CC3CC2CC(C(=O)OCCC(F)C(F)(F)S(=O)(=O)O)(C3)C1. The molecule has 1 heterocycles. The molecule has 198 valence electrons. The molecule has 4 bridgehead atoms. The van der Waals surface area contributed by atoms with Crippen molar-refractivity contribution in [3.63, 3.8) is 0 Å². The van der Waals surface area contributed by atoms with Gasteiger partial charge in [0.1, 0.15) is 11.3 Å². The van der Waals surface area contributed by atoms with Gasteiger partial charge in [0, 0.05) is 25.4 Å². The Hall–Kier alpha value is -0.880. The van der Waals surface area contributed by atoms with Gasteiger partial charge in [-0.1, -0.05) is 0 Å². The fourth-order valence-corrected chi connectivity index (χ4v) is 8.00. The normalized spacial score (nSPS) is 33.6. The van der Waals surface area contributed by atoms with Gasteiger partial charge in [0.25, 0.3) is 5.79 Å². The second-order valence-corrected chi connectivity index (χ2v) is 13.7. The van der Waals surface area contributed by atoms with Crippen molar-refractivity contribution in [2.24, 2.45) is 23.2 Å². The molecule has 4 saturated carbocycles. The highest BCUT2D eigenvalue weighted by Crippen LogP contribution is 2.66. The van der Waals surface area contributed by atoms with Gasteiger partial charge in [-0.15, -0.1) is 0 Å². The van der Waals surface area contributed by atoms with E-state index in [0.717, 1.165) is 7.14 Å². The van der Waals surface area contributed by atoms with Crippen LogP contribution >= 0.6 is 45.2 Å². The van der Waals surface area contributed by atoms with Crippen LogP contribution in [0.5, 0.6) is 5.75 Å². The number of carbonyl (C=O) groups is 2. The molecule has 4 fully saturated rings. The monoisotopic (exact) mass is 756 g/mol. The maximum absolute atomic E-state index is 13.8. The first-order valence-corrected chi connectivity index (χ1v) is 14.9. The van der Waals surface area contributed by atoms with Gasteiger partial charge in [-0.2, -0.15) is 17.2 Å². The topological polar surface area (TPSA) is 116 Å². The zero-order valence-corrected chi connectivity index (χ0v) is 23.6. The van der Waals surface area contributed by atoms with Gasteiger partial charge in [0.15, 0.2) is 6.17 Å². The Kier molecular flexibility index (Phi) is 6.55. The molecule has 1 aliphatic heterocycles. The van der Waals surface area contributed by atoms with Crippen LogP contribution in [-0.4, -0.2) is 48.7 Å². The van der Waals surface area contributed by atoms with E-state index in [0.29, 0.717) is 43.4 Å². The summed E-state index contributed by atoms with van der Waals surface area (Å²) in [6, 6.07) is 3.60. The van der Waals surface area contributed by atoms with Gasteiger partial charge in [-0.05, 0) is 95.3 Å². The third kappa shape index (κ3) is 4.03. The Bertz CT molecular complexity index is 1220. The van der Waals surface area contributed by atoms with E-state index in [2.05, 4.69) is 45.2 Å². The van der Waals surface area contributed by atoms with E-state index in [1.165, 1.54) is 0 Å².